The molecule has 1 aromatic carbocycles. The van der Waals surface area contributed by atoms with Crippen molar-refractivity contribution < 1.29 is 23.1 Å². The number of aromatic carboxylic acids is 1. The molecule has 1 saturated carbocycles. The van der Waals surface area contributed by atoms with Gasteiger partial charge < -0.3 is 10.4 Å². The van der Waals surface area contributed by atoms with Crippen LogP contribution in [0.2, 0.25) is 0 Å². The summed E-state index contributed by atoms with van der Waals surface area (Å²) in [5.41, 5.74) is -0.511. The van der Waals surface area contributed by atoms with Crippen molar-refractivity contribution in [3.63, 3.8) is 0 Å². The molecule has 0 saturated heterocycles. The highest BCUT2D eigenvalue weighted by molar-refractivity contribution is 5.86. The van der Waals surface area contributed by atoms with Crippen LogP contribution in [0.1, 0.15) is 40.7 Å². The minimum absolute atomic E-state index is 0.0299. The van der Waals surface area contributed by atoms with Crippen LogP contribution in [0.15, 0.2) is 36.7 Å². The van der Waals surface area contributed by atoms with Crippen LogP contribution in [0.4, 0.5) is 19.1 Å². The number of alkyl halides is 3. The summed E-state index contributed by atoms with van der Waals surface area (Å²) in [6, 6.07) is 5.04. The number of benzene rings is 1. The zero-order valence-corrected chi connectivity index (χ0v) is 12.5. The number of carboxylic acids is 1. The molecule has 2 N–H and O–H groups in total. The van der Waals surface area contributed by atoms with Gasteiger partial charge in [-0.1, -0.05) is 12.1 Å². The molecule has 5 nitrogen and oxygen atoms in total. The van der Waals surface area contributed by atoms with Crippen LogP contribution in [0.5, 0.6) is 0 Å². The number of hydrogen-bond acceptors (Lipinski definition) is 4. The molecule has 1 aliphatic rings. The van der Waals surface area contributed by atoms with Crippen LogP contribution in [0.3, 0.4) is 0 Å². The first-order chi connectivity index (χ1) is 11.3. The Morgan fingerprint density at radius 1 is 1.12 bits per heavy atom. The van der Waals surface area contributed by atoms with E-state index in [1.807, 2.05) is 0 Å². The standard InChI is InChI=1S/C16H14F3N3O2/c17-16(18,19)12-4-2-11(3-5-12)15(6-1-7-15)22-14-20-8-10(9-21-14)13(23)24/h2-5,8-9H,1,6-7H2,(H,23,24)(H,20,21,22). The molecule has 126 valence electrons. The quantitative estimate of drug-likeness (QED) is 0.890. The van der Waals surface area contributed by atoms with Gasteiger partial charge in [-0.2, -0.15) is 13.2 Å². The Kier molecular flexibility index (Phi) is 3.90. The summed E-state index contributed by atoms with van der Waals surface area (Å²) >= 11 is 0. The fraction of sp³-hybridized carbons (Fsp3) is 0.312. The van der Waals surface area contributed by atoms with Gasteiger partial charge in [0.15, 0.2) is 0 Å². The molecule has 1 aliphatic carbocycles. The Labute approximate surface area is 135 Å². The highest BCUT2D eigenvalue weighted by atomic mass is 19.4. The largest absolute Gasteiger partial charge is 0.478 e. The third-order valence-corrected chi connectivity index (χ3v) is 4.22. The van der Waals surface area contributed by atoms with Gasteiger partial charge >= 0.3 is 12.1 Å². The maximum Gasteiger partial charge on any atom is 0.416 e. The van der Waals surface area contributed by atoms with Gasteiger partial charge in [0.25, 0.3) is 0 Å². The Balaban J connectivity index is 1.83. The summed E-state index contributed by atoms with van der Waals surface area (Å²) in [4.78, 5) is 18.7. The number of carbonyl (C=O) groups is 1. The minimum Gasteiger partial charge on any atom is -0.478 e. The van der Waals surface area contributed by atoms with Gasteiger partial charge in [0, 0.05) is 12.4 Å². The minimum atomic E-state index is -4.37. The zero-order chi connectivity index (χ0) is 17.4. The van der Waals surface area contributed by atoms with E-state index < -0.39 is 23.2 Å². The first kappa shape index (κ1) is 16.2. The van der Waals surface area contributed by atoms with E-state index in [4.69, 9.17) is 5.11 Å². The molecule has 1 aromatic heterocycles. The summed E-state index contributed by atoms with van der Waals surface area (Å²) in [5.74, 6) is -0.873. The fourth-order valence-electron chi connectivity index (χ4n) is 2.71. The topological polar surface area (TPSA) is 75.1 Å². The SMILES string of the molecule is O=C(O)c1cnc(NC2(c3ccc(C(F)(F)F)cc3)CCC2)nc1. The van der Waals surface area contributed by atoms with Gasteiger partial charge in [-0.15, -0.1) is 0 Å². The molecule has 24 heavy (non-hydrogen) atoms. The summed E-state index contributed by atoms with van der Waals surface area (Å²) in [6.45, 7) is 0. The zero-order valence-electron chi connectivity index (χ0n) is 12.5. The molecule has 1 heterocycles. The van der Waals surface area contributed by atoms with E-state index in [-0.39, 0.29) is 11.5 Å². The van der Waals surface area contributed by atoms with Crippen LogP contribution < -0.4 is 5.32 Å². The molecule has 3 rings (SSSR count). The first-order valence-corrected chi connectivity index (χ1v) is 7.31. The van der Waals surface area contributed by atoms with E-state index >= 15 is 0 Å². The second-order valence-electron chi connectivity index (χ2n) is 5.74. The fourth-order valence-corrected chi connectivity index (χ4v) is 2.71. The Hall–Kier alpha value is -2.64. The highest BCUT2D eigenvalue weighted by Crippen LogP contribution is 2.44. The van der Waals surface area contributed by atoms with Crippen LogP contribution in [-0.2, 0) is 11.7 Å². The Morgan fingerprint density at radius 2 is 1.71 bits per heavy atom. The molecule has 0 radical (unpaired) electrons. The number of anilines is 1. The van der Waals surface area contributed by atoms with Gasteiger partial charge in [-0.25, -0.2) is 14.8 Å². The highest BCUT2D eigenvalue weighted by Gasteiger charge is 2.40. The number of halogens is 3. The van der Waals surface area contributed by atoms with E-state index in [0.29, 0.717) is 0 Å². The van der Waals surface area contributed by atoms with Crippen LogP contribution in [0, 0.1) is 0 Å². The predicted molar refractivity (Wildman–Crippen MR) is 79.6 cm³/mol. The van der Waals surface area contributed by atoms with Crippen molar-refractivity contribution in [1.29, 1.82) is 0 Å². The van der Waals surface area contributed by atoms with Gasteiger partial charge in [0.1, 0.15) is 0 Å². The number of nitrogens with one attached hydrogen (secondary N) is 1. The summed E-state index contributed by atoms with van der Waals surface area (Å²) in [5, 5.41) is 12.0. The predicted octanol–water partition coefficient (Wildman–Crippen LogP) is 3.68. The molecule has 0 bridgehead atoms. The van der Waals surface area contributed by atoms with Gasteiger partial charge in [0.05, 0.1) is 16.7 Å². The van der Waals surface area contributed by atoms with Crippen molar-refractivity contribution in [2.75, 3.05) is 5.32 Å². The molecule has 2 aromatic rings. The third kappa shape index (κ3) is 3.04. The smallest absolute Gasteiger partial charge is 0.416 e. The summed E-state index contributed by atoms with van der Waals surface area (Å²) in [7, 11) is 0. The number of carboxylic acid groups (broad SMARTS) is 1. The number of rotatable bonds is 4. The molecular formula is C16H14F3N3O2. The lowest BCUT2D eigenvalue weighted by molar-refractivity contribution is -0.137. The first-order valence-electron chi connectivity index (χ1n) is 7.31. The Morgan fingerprint density at radius 3 is 2.12 bits per heavy atom. The van der Waals surface area contributed by atoms with Crippen LogP contribution in [-0.4, -0.2) is 21.0 Å². The number of aromatic nitrogens is 2. The monoisotopic (exact) mass is 337 g/mol. The van der Waals surface area contributed by atoms with E-state index in [0.717, 1.165) is 37.0 Å². The lowest BCUT2D eigenvalue weighted by Gasteiger charge is -2.43. The maximum absolute atomic E-state index is 12.7. The molecule has 0 spiro atoms. The van der Waals surface area contributed by atoms with E-state index in [1.165, 1.54) is 24.5 Å². The molecular weight excluding hydrogens is 323 g/mol. The van der Waals surface area contributed by atoms with Crippen molar-refractivity contribution in [2.45, 2.75) is 31.0 Å². The lowest BCUT2D eigenvalue weighted by Crippen LogP contribution is -2.42. The molecule has 1 fully saturated rings. The third-order valence-electron chi connectivity index (χ3n) is 4.22. The molecule has 0 atom stereocenters. The van der Waals surface area contributed by atoms with Crippen LogP contribution >= 0.6 is 0 Å². The van der Waals surface area contributed by atoms with Crippen LogP contribution in [0.25, 0.3) is 0 Å². The molecule has 0 amide bonds. The normalized spacial score (nSPS) is 16.3. The van der Waals surface area contributed by atoms with E-state index in [2.05, 4.69) is 15.3 Å². The van der Waals surface area contributed by atoms with Crippen molar-refractivity contribution in [2.24, 2.45) is 0 Å². The van der Waals surface area contributed by atoms with Gasteiger partial charge in [0.2, 0.25) is 5.95 Å². The van der Waals surface area contributed by atoms with Crippen molar-refractivity contribution in [3.05, 3.63) is 53.3 Å². The molecule has 0 aliphatic heterocycles. The summed E-state index contributed by atoms with van der Waals surface area (Å²) < 4.78 is 38.0. The van der Waals surface area contributed by atoms with Crippen molar-refractivity contribution >= 4 is 11.9 Å². The maximum atomic E-state index is 12.7. The van der Waals surface area contributed by atoms with Crippen molar-refractivity contribution in [3.8, 4) is 0 Å². The van der Waals surface area contributed by atoms with Gasteiger partial charge in [-0.05, 0) is 37.0 Å². The average molecular weight is 337 g/mol. The van der Waals surface area contributed by atoms with E-state index in [1.54, 1.807) is 0 Å². The number of hydrogen-bond donors (Lipinski definition) is 2. The lowest BCUT2D eigenvalue weighted by atomic mass is 9.71. The Bertz CT molecular complexity index is 739. The van der Waals surface area contributed by atoms with E-state index in [9.17, 15) is 18.0 Å². The average Bonchev–Trinajstić information content (AvgIpc) is 2.51. The van der Waals surface area contributed by atoms with Gasteiger partial charge in [-0.3, -0.25) is 0 Å². The second-order valence-corrected chi connectivity index (χ2v) is 5.74. The van der Waals surface area contributed by atoms with Crippen molar-refractivity contribution in [1.82, 2.24) is 9.97 Å². The molecule has 0 unspecified atom stereocenters. The molecule has 8 heteroatoms. The second kappa shape index (κ2) is 5.77. The number of nitrogens with zero attached hydrogens (tertiary/aromatic N) is 2. The summed E-state index contributed by atoms with van der Waals surface area (Å²) in [6.07, 6.45) is 0.425.